The minimum atomic E-state index is -3.88. The number of likely N-dealkylation sites (tertiary alicyclic amines) is 1. The van der Waals surface area contributed by atoms with Crippen molar-refractivity contribution in [2.45, 2.75) is 50.6 Å². The molecule has 2 fully saturated rings. The number of rotatable bonds is 7. The van der Waals surface area contributed by atoms with Gasteiger partial charge in [0.1, 0.15) is 10.6 Å². The zero-order valence-corrected chi connectivity index (χ0v) is 19.2. The van der Waals surface area contributed by atoms with E-state index in [-0.39, 0.29) is 47.4 Å². The maximum absolute atomic E-state index is 13.0. The number of nitrogens with one attached hydrogen (secondary N) is 1. The van der Waals surface area contributed by atoms with Crippen molar-refractivity contribution in [3.05, 3.63) is 59.2 Å². The van der Waals surface area contributed by atoms with Crippen LogP contribution >= 0.6 is 0 Å². The zero-order chi connectivity index (χ0) is 22.9. The van der Waals surface area contributed by atoms with Gasteiger partial charge in [0.15, 0.2) is 0 Å². The quantitative estimate of drug-likeness (QED) is 0.646. The van der Waals surface area contributed by atoms with Crippen LogP contribution in [0.2, 0.25) is 0 Å². The SMILES string of the molecule is COc1ccc(CN2C(=O)[C@H]3CCCC[C@H]3C2=O)cc1S(=O)(=O)NCc1ccc(C)cc1. The van der Waals surface area contributed by atoms with Gasteiger partial charge < -0.3 is 4.74 Å². The summed E-state index contributed by atoms with van der Waals surface area (Å²) in [7, 11) is -2.47. The molecule has 170 valence electrons. The smallest absolute Gasteiger partial charge is 0.244 e. The van der Waals surface area contributed by atoms with Crippen LogP contribution in [0.15, 0.2) is 47.4 Å². The third-order valence-corrected chi connectivity index (χ3v) is 7.80. The van der Waals surface area contributed by atoms with E-state index < -0.39 is 10.0 Å². The maximum Gasteiger partial charge on any atom is 0.244 e. The summed E-state index contributed by atoms with van der Waals surface area (Å²) in [6.07, 6.45) is 3.42. The molecule has 1 aliphatic carbocycles. The predicted octanol–water partition coefficient (Wildman–Crippen LogP) is 3.16. The topological polar surface area (TPSA) is 92.8 Å². The minimum absolute atomic E-state index is 0.0128. The van der Waals surface area contributed by atoms with E-state index in [2.05, 4.69) is 4.72 Å². The van der Waals surface area contributed by atoms with Crippen molar-refractivity contribution >= 4 is 21.8 Å². The van der Waals surface area contributed by atoms with Crippen molar-refractivity contribution in [3.63, 3.8) is 0 Å². The van der Waals surface area contributed by atoms with Crippen LogP contribution in [-0.2, 0) is 32.7 Å². The number of sulfonamides is 1. The highest BCUT2D eigenvalue weighted by molar-refractivity contribution is 7.89. The van der Waals surface area contributed by atoms with Gasteiger partial charge in [0.25, 0.3) is 0 Å². The zero-order valence-electron chi connectivity index (χ0n) is 18.3. The van der Waals surface area contributed by atoms with Gasteiger partial charge >= 0.3 is 0 Å². The normalized spacial score (nSPS) is 21.0. The molecule has 1 aliphatic heterocycles. The Balaban J connectivity index is 1.55. The van der Waals surface area contributed by atoms with Crippen LogP contribution in [0.3, 0.4) is 0 Å². The number of hydrogen-bond donors (Lipinski definition) is 1. The molecule has 1 heterocycles. The molecule has 2 aromatic carbocycles. The number of benzene rings is 2. The Labute approximate surface area is 188 Å². The molecule has 8 heteroatoms. The summed E-state index contributed by atoms with van der Waals surface area (Å²) in [5.74, 6) is -0.532. The van der Waals surface area contributed by atoms with E-state index in [1.54, 1.807) is 12.1 Å². The molecular formula is C24H28N2O5S. The number of amides is 2. The molecule has 4 rings (SSSR count). The number of carbonyl (C=O) groups excluding carboxylic acids is 2. The average molecular weight is 457 g/mol. The largest absolute Gasteiger partial charge is 0.495 e. The summed E-state index contributed by atoms with van der Waals surface area (Å²) in [5.41, 5.74) is 2.50. The number of imide groups is 1. The summed E-state index contributed by atoms with van der Waals surface area (Å²) in [4.78, 5) is 26.9. The van der Waals surface area contributed by atoms with E-state index >= 15 is 0 Å². The van der Waals surface area contributed by atoms with Crippen LogP contribution in [0.4, 0.5) is 0 Å². The van der Waals surface area contributed by atoms with Gasteiger partial charge in [-0.05, 0) is 43.0 Å². The lowest BCUT2D eigenvalue weighted by Crippen LogP contribution is -2.30. The molecule has 0 unspecified atom stereocenters. The molecule has 0 radical (unpaired) electrons. The van der Waals surface area contributed by atoms with Gasteiger partial charge in [0.05, 0.1) is 25.5 Å². The Hall–Kier alpha value is -2.71. The van der Waals surface area contributed by atoms with E-state index in [1.807, 2.05) is 31.2 Å². The average Bonchev–Trinajstić information content (AvgIpc) is 3.04. The second-order valence-corrected chi connectivity index (χ2v) is 10.3. The summed E-state index contributed by atoms with van der Waals surface area (Å²) in [6, 6.07) is 12.3. The lowest BCUT2D eigenvalue weighted by atomic mass is 9.81. The van der Waals surface area contributed by atoms with Crippen molar-refractivity contribution in [1.29, 1.82) is 0 Å². The fraction of sp³-hybridized carbons (Fsp3) is 0.417. The van der Waals surface area contributed by atoms with Crippen LogP contribution in [0.5, 0.6) is 5.75 Å². The number of methoxy groups -OCH3 is 1. The fourth-order valence-corrected chi connectivity index (χ4v) is 5.80. The maximum atomic E-state index is 13.0. The van der Waals surface area contributed by atoms with Gasteiger partial charge in [0.2, 0.25) is 21.8 Å². The molecule has 1 saturated carbocycles. The molecule has 2 atom stereocenters. The highest BCUT2D eigenvalue weighted by Crippen LogP contribution is 2.39. The monoisotopic (exact) mass is 456 g/mol. The Kier molecular flexibility index (Phi) is 6.35. The van der Waals surface area contributed by atoms with Crippen molar-refractivity contribution in [3.8, 4) is 5.75 Å². The predicted molar refractivity (Wildman–Crippen MR) is 119 cm³/mol. The van der Waals surface area contributed by atoms with Gasteiger partial charge in [0, 0.05) is 6.54 Å². The van der Waals surface area contributed by atoms with Gasteiger partial charge in [-0.25, -0.2) is 13.1 Å². The van der Waals surface area contributed by atoms with Crippen LogP contribution in [0.25, 0.3) is 0 Å². The summed E-state index contributed by atoms with van der Waals surface area (Å²) < 4.78 is 34.0. The molecule has 32 heavy (non-hydrogen) atoms. The summed E-state index contributed by atoms with van der Waals surface area (Å²) in [6.45, 7) is 2.17. The van der Waals surface area contributed by atoms with Gasteiger partial charge in [-0.2, -0.15) is 0 Å². The summed E-state index contributed by atoms with van der Waals surface area (Å²) in [5, 5.41) is 0. The molecule has 7 nitrogen and oxygen atoms in total. The van der Waals surface area contributed by atoms with Crippen molar-refractivity contribution in [2.24, 2.45) is 11.8 Å². The van der Waals surface area contributed by atoms with Crippen LogP contribution in [-0.4, -0.2) is 32.2 Å². The molecule has 2 aliphatic rings. The number of aryl methyl sites for hydroxylation is 1. The van der Waals surface area contributed by atoms with E-state index in [0.29, 0.717) is 5.56 Å². The number of carbonyl (C=O) groups is 2. The van der Waals surface area contributed by atoms with Gasteiger partial charge in [-0.15, -0.1) is 0 Å². The lowest BCUT2D eigenvalue weighted by molar-refractivity contribution is -0.140. The highest BCUT2D eigenvalue weighted by Gasteiger charge is 2.47. The van der Waals surface area contributed by atoms with Crippen LogP contribution in [0.1, 0.15) is 42.4 Å². The van der Waals surface area contributed by atoms with E-state index in [1.165, 1.54) is 18.1 Å². The molecule has 0 aromatic heterocycles. The summed E-state index contributed by atoms with van der Waals surface area (Å²) >= 11 is 0. The Morgan fingerprint density at radius 3 is 2.16 bits per heavy atom. The number of ether oxygens (including phenoxy) is 1. The second kappa shape index (κ2) is 9.03. The highest BCUT2D eigenvalue weighted by atomic mass is 32.2. The molecule has 0 bridgehead atoms. The minimum Gasteiger partial charge on any atom is -0.495 e. The standard InChI is InChI=1S/C24H28N2O5S/c1-16-7-9-17(10-8-16)14-25-32(29,30)22-13-18(11-12-21(22)31-2)15-26-23(27)19-5-3-4-6-20(19)24(26)28/h7-13,19-20,25H,3-6,14-15H2,1-2H3/t19-,20+. The first-order chi connectivity index (χ1) is 15.3. The van der Waals surface area contributed by atoms with Crippen LogP contribution in [0, 0.1) is 18.8 Å². The van der Waals surface area contributed by atoms with Crippen LogP contribution < -0.4 is 9.46 Å². The first-order valence-corrected chi connectivity index (χ1v) is 12.4. The van der Waals surface area contributed by atoms with Crippen molar-refractivity contribution < 1.29 is 22.7 Å². The molecule has 1 saturated heterocycles. The third kappa shape index (κ3) is 4.42. The van der Waals surface area contributed by atoms with Gasteiger partial charge in [-0.3, -0.25) is 14.5 Å². The molecule has 2 amide bonds. The third-order valence-electron chi connectivity index (χ3n) is 6.38. The van der Waals surface area contributed by atoms with E-state index in [0.717, 1.165) is 36.8 Å². The number of hydrogen-bond acceptors (Lipinski definition) is 5. The molecule has 1 N–H and O–H groups in total. The Bertz CT molecular complexity index is 1100. The Morgan fingerprint density at radius 2 is 1.56 bits per heavy atom. The van der Waals surface area contributed by atoms with Crippen molar-refractivity contribution in [1.82, 2.24) is 9.62 Å². The second-order valence-electron chi connectivity index (χ2n) is 8.56. The molecule has 2 aromatic rings. The molecule has 0 spiro atoms. The van der Waals surface area contributed by atoms with E-state index in [9.17, 15) is 18.0 Å². The lowest BCUT2D eigenvalue weighted by Gasteiger charge is -2.19. The van der Waals surface area contributed by atoms with E-state index in [4.69, 9.17) is 4.74 Å². The molecular weight excluding hydrogens is 428 g/mol. The Morgan fingerprint density at radius 1 is 0.969 bits per heavy atom. The first kappa shape index (κ1) is 22.5. The first-order valence-electron chi connectivity index (χ1n) is 10.9. The number of fused-ring (bicyclic) bond motifs is 1. The van der Waals surface area contributed by atoms with Gasteiger partial charge in [-0.1, -0.05) is 48.7 Å². The fourth-order valence-electron chi connectivity index (χ4n) is 4.56. The van der Waals surface area contributed by atoms with Crippen molar-refractivity contribution in [2.75, 3.05) is 7.11 Å². The number of nitrogens with zero attached hydrogens (tertiary/aromatic N) is 1.